The van der Waals surface area contributed by atoms with E-state index in [1.165, 1.54) is 0 Å². The molecule has 11 heavy (non-hydrogen) atoms. The van der Waals surface area contributed by atoms with Gasteiger partial charge in [-0.3, -0.25) is 4.84 Å². The second-order valence-electron chi connectivity index (χ2n) is 2.86. The highest BCUT2D eigenvalue weighted by atomic mass is 16.7. The molecule has 2 N–H and O–H groups in total. The number of nitrogens with two attached hydrogens (primary N) is 1. The molecule has 0 radical (unpaired) electrons. The fourth-order valence-corrected chi connectivity index (χ4v) is 1.08. The molecule has 0 amide bonds. The predicted octanol–water partition coefficient (Wildman–Crippen LogP) is -0.404. The molecule has 1 rings (SSSR count). The van der Waals surface area contributed by atoms with Crippen LogP contribution in [-0.2, 0) is 9.57 Å². The number of ether oxygens (including phenoxy) is 1. The first-order valence-corrected chi connectivity index (χ1v) is 3.90. The molecule has 0 aromatic heterocycles. The zero-order valence-corrected chi connectivity index (χ0v) is 7.12. The first kappa shape index (κ1) is 8.93. The van der Waals surface area contributed by atoms with Crippen LogP contribution in [-0.4, -0.2) is 44.0 Å². The summed E-state index contributed by atoms with van der Waals surface area (Å²) in [6.45, 7) is 4.29. The average molecular weight is 160 g/mol. The van der Waals surface area contributed by atoms with E-state index in [0.717, 1.165) is 13.1 Å². The van der Waals surface area contributed by atoms with Gasteiger partial charge >= 0.3 is 0 Å². The third kappa shape index (κ3) is 2.41. The van der Waals surface area contributed by atoms with Crippen molar-refractivity contribution in [2.24, 2.45) is 5.73 Å². The minimum Gasteiger partial charge on any atom is -0.383 e. The molecule has 1 heterocycles. The number of methoxy groups -OCH3 is 1. The Labute approximate surface area is 67.2 Å². The number of nitrogens with zero attached hydrogens (tertiary/aromatic N) is 1. The van der Waals surface area contributed by atoms with Gasteiger partial charge in [0, 0.05) is 26.2 Å². The van der Waals surface area contributed by atoms with Crippen LogP contribution in [0.2, 0.25) is 0 Å². The highest BCUT2D eigenvalue weighted by Gasteiger charge is 2.27. The third-order valence-electron chi connectivity index (χ3n) is 1.88. The average Bonchev–Trinajstić information content (AvgIpc) is 2.28. The van der Waals surface area contributed by atoms with Crippen LogP contribution >= 0.6 is 0 Å². The van der Waals surface area contributed by atoms with E-state index < -0.39 is 0 Å². The summed E-state index contributed by atoms with van der Waals surface area (Å²) in [4.78, 5) is 5.40. The van der Waals surface area contributed by atoms with E-state index >= 15 is 0 Å². The van der Waals surface area contributed by atoms with Gasteiger partial charge in [0.15, 0.2) is 0 Å². The van der Waals surface area contributed by atoms with Crippen molar-refractivity contribution >= 4 is 0 Å². The van der Waals surface area contributed by atoms with E-state index in [4.69, 9.17) is 15.3 Å². The standard InChI is InChI=1S/C7H16N2O2/c1-6-7(8)5-9(11-6)3-4-10-2/h6-7H,3-5,8H2,1-2H3/t6-,7+/m0/s1. The van der Waals surface area contributed by atoms with E-state index in [-0.39, 0.29) is 12.1 Å². The van der Waals surface area contributed by atoms with Gasteiger partial charge in [-0.05, 0) is 6.92 Å². The van der Waals surface area contributed by atoms with Gasteiger partial charge in [0.2, 0.25) is 0 Å². The quantitative estimate of drug-likeness (QED) is 0.610. The number of rotatable bonds is 3. The Kier molecular flexibility index (Phi) is 3.26. The summed E-state index contributed by atoms with van der Waals surface area (Å²) in [6, 6.07) is 0.145. The summed E-state index contributed by atoms with van der Waals surface area (Å²) in [5.74, 6) is 0. The lowest BCUT2D eigenvalue weighted by molar-refractivity contribution is -0.146. The second-order valence-corrected chi connectivity index (χ2v) is 2.86. The minimum absolute atomic E-state index is 0.145. The van der Waals surface area contributed by atoms with E-state index in [1.54, 1.807) is 7.11 Å². The van der Waals surface area contributed by atoms with Crippen molar-refractivity contribution in [3.8, 4) is 0 Å². The molecule has 4 heteroatoms. The highest BCUT2D eigenvalue weighted by Crippen LogP contribution is 2.10. The van der Waals surface area contributed by atoms with Crippen LogP contribution < -0.4 is 5.73 Å². The number of hydroxylamine groups is 2. The SMILES string of the molecule is COCCN1C[C@@H](N)[C@H](C)O1. The smallest absolute Gasteiger partial charge is 0.0929 e. The van der Waals surface area contributed by atoms with Crippen molar-refractivity contribution in [2.45, 2.75) is 19.1 Å². The fourth-order valence-electron chi connectivity index (χ4n) is 1.08. The van der Waals surface area contributed by atoms with Gasteiger partial charge in [0.05, 0.1) is 12.7 Å². The molecule has 4 nitrogen and oxygen atoms in total. The van der Waals surface area contributed by atoms with Gasteiger partial charge in [-0.1, -0.05) is 0 Å². The molecule has 0 spiro atoms. The largest absolute Gasteiger partial charge is 0.383 e. The summed E-state index contributed by atoms with van der Waals surface area (Å²) in [5, 5.41) is 1.86. The molecule has 0 aliphatic carbocycles. The molecule has 1 saturated heterocycles. The molecule has 1 fully saturated rings. The van der Waals surface area contributed by atoms with Crippen LogP contribution in [0.15, 0.2) is 0 Å². The molecule has 1 aliphatic heterocycles. The number of hydrogen-bond donors (Lipinski definition) is 1. The zero-order valence-electron chi connectivity index (χ0n) is 7.12. The molecule has 2 atom stereocenters. The van der Waals surface area contributed by atoms with Gasteiger partial charge in [-0.15, -0.1) is 0 Å². The fraction of sp³-hybridized carbons (Fsp3) is 1.00. The first-order chi connectivity index (χ1) is 5.24. The summed E-state index contributed by atoms with van der Waals surface area (Å²) in [6.07, 6.45) is 0.145. The lowest BCUT2D eigenvalue weighted by atomic mass is 10.2. The van der Waals surface area contributed by atoms with E-state index in [9.17, 15) is 0 Å². The lowest BCUT2D eigenvalue weighted by Gasteiger charge is -2.12. The van der Waals surface area contributed by atoms with E-state index in [2.05, 4.69) is 0 Å². The summed E-state index contributed by atoms with van der Waals surface area (Å²) in [5.41, 5.74) is 5.73. The van der Waals surface area contributed by atoms with E-state index in [1.807, 2.05) is 12.0 Å². The molecule has 1 aliphatic rings. The van der Waals surface area contributed by atoms with Gasteiger partial charge in [-0.2, -0.15) is 5.06 Å². The van der Waals surface area contributed by atoms with Gasteiger partial charge < -0.3 is 10.5 Å². The molecular weight excluding hydrogens is 144 g/mol. The topological polar surface area (TPSA) is 47.7 Å². The van der Waals surface area contributed by atoms with Crippen molar-refractivity contribution < 1.29 is 9.57 Å². The first-order valence-electron chi connectivity index (χ1n) is 3.90. The molecule has 66 valence electrons. The summed E-state index contributed by atoms with van der Waals surface area (Å²) >= 11 is 0. The summed E-state index contributed by atoms with van der Waals surface area (Å²) in [7, 11) is 1.68. The lowest BCUT2D eigenvalue weighted by Crippen LogP contribution is -2.31. The van der Waals surface area contributed by atoms with Crippen molar-refractivity contribution in [1.29, 1.82) is 0 Å². The van der Waals surface area contributed by atoms with Crippen LogP contribution in [0.25, 0.3) is 0 Å². The van der Waals surface area contributed by atoms with Crippen molar-refractivity contribution in [3.63, 3.8) is 0 Å². The zero-order chi connectivity index (χ0) is 8.27. The molecule has 0 aromatic rings. The Morgan fingerprint density at radius 1 is 1.73 bits per heavy atom. The van der Waals surface area contributed by atoms with Crippen LogP contribution in [0.5, 0.6) is 0 Å². The second kappa shape index (κ2) is 4.01. The highest BCUT2D eigenvalue weighted by molar-refractivity contribution is 4.76. The van der Waals surface area contributed by atoms with Crippen LogP contribution in [0, 0.1) is 0 Å². The maximum Gasteiger partial charge on any atom is 0.0929 e. The van der Waals surface area contributed by atoms with Gasteiger partial charge in [0.1, 0.15) is 0 Å². The Balaban J connectivity index is 2.18. The minimum atomic E-state index is 0.145. The molecule has 0 saturated carbocycles. The Morgan fingerprint density at radius 2 is 2.45 bits per heavy atom. The van der Waals surface area contributed by atoms with Crippen molar-refractivity contribution in [1.82, 2.24) is 5.06 Å². The van der Waals surface area contributed by atoms with Gasteiger partial charge in [-0.25, -0.2) is 0 Å². The molecule has 0 bridgehead atoms. The molecule has 0 unspecified atom stereocenters. The monoisotopic (exact) mass is 160 g/mol. The van der Waals surface area contributed by atoms with Crippen LogP contribution in [0.4, 0.5) is 0 Å². The Morgan fingerprint density at radius 3 is 2.91 bits per heavy atom. The molecular formula is C7H16N2O2. The van der Waals surface area contributed by atoms with E-state index in [0.29, 0.717) is 6.61 Å². The third-order valence-corrected chi connectivity index (χ3v) is 1.88. The van der Waals surface area contributed by atoms with Crippen molar-refractivity contribution in [2.75, 3.05) is 26.8 Å². The van der Waals surface area contributed by atoms with Gasteiger partial charge in [0.25, 0.3) is 0 Å². The van der Waals surface area contributed by atoms with Crippen LogP contribution in [0.3, 0.4) is 0 Å². The van der Waals surface area contributed by atoms with Crippen LogP contribution in [0.1, 0.15) is 6.92 Å². The normalized spacial score (nSPS) is 33.0. The molecule has 0 aromatic carbocycles. The maximum atomic E-state index is 5.73. The Bertz CT molecular complexity index is 111. The number of hydrogen-bond acceptors (Lipinski definition) is 4. The Hall–Kier alpha value is -0.160. The van der Waals surface area contributed by atoms with Crippen molar-refractivity contribution in [3.05, 3.63) is 0 Å². The predicted molar refractivity (Wildman–Crippen MR) is 42.0 cm³/mol. The maximum absolute atomic E-state index is 5.73. The summed E-state index contributed by atoms with van der Waals surface area (Å²) < 4.78 is 4.91.